The maximum atomic E-state index is 5.94. The van der Waals surface area contributed by atoms with Gasteiger partial charge in [-0.15, -0.1) is 35.3 Å². The molecule has 0 aliphatic carbocycles. The highest BCUT2D eigenvalue weighted by Gasteiger charge is 2.04. The minimum absolute atomic E-state index is 0. The fourth-order valence-electron chi connectivity index (χ4n) is 2.13. The average Bonchev–Trinajstić information content (AvgIpc) is 3.05. The number of benzene rings is 1. The van der Waals surface area contributed by atoms with Gasteiger partial charge in [-0.3, -0.25) is 0 Å². The van der Waals surface area contributed by atoms with Crippen molar-refractivity contribution in [3.8, 4) is 5.75 Å². The second-order valence-corrected chi connectivity index (χ2v) is 6.45. The third kappa shape index (κ3) is 7.09. The number of aryl methyl sites for hydroxylation is 1. The van der Waals surface area contributed by atoms with E-state index in [4.69, 9.17) is 10.5 Å². The van der Waals surface area contributed by atoms with Gasteiger partial charge in [0, 0.05) is 17.0 Å². The average molecular weight is 459 g/mol. The Hall–Kier alpha value is -1.28. The Morgan fingerprint density at radius 3 is 2.88 bits per heavy atom. The van der Waals surface area contributed by atoms with Crippen molar-refractivity contribution in [2.45, 2.75) is 33.2 Å². The van der Waals surface area contributed by atoms with Gasteiger partial charge in [-0.2, -0.15) is 0 Å². The van der Waals surface area contributed by atoms with E-state index in [1.54, 1.807) is 11.3 Å². The van der Waals surface area contributed by atoms with E-state index < -0.39 is 0 Å². The largest absolute Gasteiger partial charge is 0.493 e. The molecule has 2 rings (SSSR count). The summed E-state index contributed by atoms with van der Waals surface area (Å²) in [5, 5.41) is 5.24. The van der Waals surface area contributed by atoms with Crippen LogP contribution in [-0.4, -0.2) is 19.1 Å². The zero-order valence-electron chi connectivity index (χ0n) is 14.2. The maximum absolute atomic E-state index is 5.94. The number of nitrogens with two attached hydrogens (primary N) is 1. The molecule has 0 saturated carbocycles. The van der Waals surface area contributed by atoms with Gasteiger partial charge in [0.1, 0.15) is 5.75 Å². The van der Waals surface area contributed by atoms with Crippen LogP contribution in [0.4, 0.5) is 0 Å². The number of hydrogen-bond acceptors (Lipinski definition) is 3. The van der Waals surface area contributed by atoms with E-state index in [2.05, 4.69) is 59.9 Å². The smallest absolute Gasteiger partial charge is 0.188 e. The van der Waals surface area contributed by atoms with Gasteiger partial charge < -0.3 is 15.8 Å². The Morgan fingerprint density at radius 1 is 1.33 bits per heavy atom. The highest BCUT2D eigenvalue weighted by atomic mass is 127. The van der Waals surface area contributed by atoms with Crippen LogP contribution in [0.2, 0.25) is 0 Å². The lowest BCUT2D eigenvalue weighted by molar-refractivity contribution is 0.314. The van der Waals surface area contributed by atoms with Crippen LogP contribution in [0.5, 0.6) is 5.75 Å². The molecule has 132 valence electrons. The third-order valence-electron chi connectivity index (χ3n) is 3.36. The van der Waals surface area contributed by atoms with E-state index in [1.807, 2.05) is 0 Å². The summed E-state index contributed by atoms with van der Waals surface area (Å²) in [6.07, 6.45) is 1.95. The normalized spacial score (nSPS) is 11.0. The predicted molar refractivity (Wildman–Crippen MR) is 114 cm³/mol. The van der Waals surface area contributed by atoms with Crippen LogP contribution in [0.1, 0.15) is 29.3 Å². The lowest BCUT2D eigenvalue weighted by Gasteiger charge is -2.11. The van der Waals surface area contributed by atoms with Crippen LogP contribution in [0.3, 0.4) is 0 Å². The molecule has 0 spiro atoms. The van der Waals surface area contributed by atoms with E-state index in [0.717, 1.165) is 30.7 Å². The summed E-state index contributed by atoms with van der Waals surface area (Å²) in [6, 6.07) is 10.4. The number of guanidine groups is 1. The molecule has 3 N–H and O–H groups in total. The number of nitrogens with zero attached hydrogens (tertiary/aromatic N) is 1. The van der Waals surface area contributed by atoms with Crippen molar-refractivity contribution in [3.63, 3.8) is 0 Å². The Bertz CT molecular complexity index is 629. The Labute approximate surface area is 165 Å². The summed E-state index contributed by atoms with van der Waals surface area (Å²) in [5.74, 6) is 1.38. The van der Waals surface area contributed by atoms with Crippen LogP contribution in [-0.2, 0) is 13.0 Å². The molecule has 24 heavy (non-hydrogen) atoms. The first kappa shape index (κ1) is 20.8. The SMILES string of the molecule is CCCOc1cc(C)ccc1CN=C(N)NCCc1cccs1.I. The van der Waals surface area contributed by atoms with Crippen LogP contribution in [0.15, 0.2) is 40.7 Å². The predicted octanol–water partition coefficient (Wildman–Crippen LogP) is 4.11. The molecule has 2 aromatic rings. The fraction of sp³-hybridized carbons (Fsp3) is 0.389. The van der Waals surface area contributed by atoms with Gasteiger partial charge in [0.15, 0.2) is 5.96 Å². The topological polar surface area (TPSA) is 59.6 Å². The van der Waals surface area contributed by atoms with Gasteiger partial charge in [-0.05, 0) is 42.8 Å². The minimum Gasteiger partial charge on any atom is -0.493 e. The van der Waals surface area contributed by atoms with E-state index in [1.165, 1.54) is 10.4 Å². The van der Waals surface area contributed by atoms with Crippen molar-refractivity contribution >= 4 is 41.3 Å². The van der Waals surface area contributed by atoms with Crippen molar-refractivity contribution in [3.05, 3.63) is 51.7 Å². The molecule has 6 heteroatoms. The Balaban J connectivity index is 0.00000288. The molecule has 0 radical (unpaired) electrons. The third-order valence-corrected chi connectivity index (χ3v) is 4.30. The first-order chi connectivity index (χ1) is 11.2. The number of halogens is 1. The molecule has 1 aromatic heterocycles. The van der Waals surface area contributed by atoms with Crippen LogP contribution in [0, 0.1) is 6.92 Å². The molecule has 0 unspecified atom stereocenters. The minimum atomic E-state index is 0. The summed E-state index contributed by atoms with van der Waals surface area (Å²) in [5.41, 5.74) is 8.19. The molecule has 1 aromatic carbocycles. The molecule has 0 aliphatic rings. The van der Waals surface area contributed by atoms with Gasteiger partial charge >= 0.3 is 0 Å². The van der Waals surface area contributed by atoms with Crippen molar-refractivity contribution in [1.82, 2.24) is 5.32 Å². The zero-order chi connectivity index (χ0) is 16.5. The quantitative estimate of drug-likeness (QED) is 0.355. The monoisotopic (exact) mass is 459 g/mol. The molecule has 4 nitrogen and oxygen atoms in total. The van der Waals surface area contributed by atoms with Gasteiger partial charge in [-0.25, -0.2) is 4.99 Å². The van der Waals surface area contributed by atoms with Crippen LogP contribution < -0.4 is 15.8 Å². The summed E-state index contributed by atoms with van der Waals surface area (Å²) in [6.45, 7) is 6.20. The highest BCUT2D eigenvalue weighted by Crippen LogP contribution is 2.21. The highest BCUT2D eigenvalue weighted by molar-refractivity contribution is 14.0. The fourth-order valence-corrected chi connectivity index (χ4v) is 2.84. The van der Waals surface area contributed by atoms with Gasteiger partial charge in [-0.1, -0.05) is 25.1 Å². The number of rotatable bonds is 8. The van der Waals surface area contributed by atoms with E-state index in [-0.39, 0.29) is 24.0 Å². The lowest BCUT2D eigenvalue weighted by Crippen LogP contribution is -2.33. The number of ether oxygens (including phenoxy) is 1. The summed E-state index contributed by atoms with van der Waals surface area (Å²) < 4.78 is 5.80. The first-order valence-electron chi connectivity index (χ1n) is 7.97. The van der Waals surface area contributed by atoms with Gasteiger partial charge in [0.05, 0.1) is 13.2 Å². The molecule has 0 bridgehead atoms. The van der Waals surface area contributed by atoms with Crippen molar-refractivity contribution in [2.75, 3.05) is 13.2 Å². The molecular formula is C18H26IN3OS. The van der Waals surface area contributed by atoms with Crippen molar-refractivity contribution < 1.29 is 4.74 Å². The molecule has 0 saturated heterocycles. The Kier molecular flexibility index (Phi) is 9.78. The number of thiophene rings is 1. The second kappa shape index (κ2) is 11.3. The standard InChI is InChI=1S/C18H25N3OS.HI/c1-3-10-22-17-12-14(2)6-7-15(17)13-21-18(19)20-9-8-16-5-4-11-23-16;/h4-7,11-12H,3,8-10,13H2,1-2H3,(H3,19,20,21);1H. The van der Waals surface area contributed by atoms with Gasteiger partial charge in [0.2, 0.25) is 0 Å². The molecule has 0 amide bonds. The first-order valence-corrected chi connectivity index (χ1v) is 8.85. The van der Waals surface area contributed by atoms with E-state index in [0.29, 0.717) is 19.1 Å². The second-order valence-electron chi connectivity index (χ2n) is 5.42. The zero-order valence-corrected chi connectivity index (χ0v) is 17.4. The lowest BCUT2D eigenvalue weighted by atomic mass is 10.1. The van der Waals surface area contributed by atoms with Crippen LogP contribution >= 0.6 is 35.3 Å². The summed E-state index contributed by atoms with van der Waals surface area (Å²) >= 11 is 1.76. The number of nitrogens with one attached hydrogen (secondary N) is 1. The molecule has 0 atom stereocenters. The maximum Gasteiger partial charge on any atom is 0.188 e. The molecule has 1 heterocycles. The van der Waals surface area contributed by atoms with Crippen LogP contribution in [0.25, 0.3) is 0 Å². The molecular weight excluding hydrogens is 433 g/mol. The Morgan fingerprint density at radius 2 is 2.17 bits per heavy atom. The number of hydrogen-bond donors (Lipinski definition) is 2. The number of aliphatic imine (C=N–C) groups is 1. The molecule has 0 fully saturated rings. The van der Waals surface area contributed by atoms with E-state index >= 15 is 0 Å². The molecule has 0 aliphatic heterocycles. The van der Waals surface area contributed by atoms with E-state index in [9.17, 15) is 0 Å². The van der Waals surface area contributed by atoms with Crippen molar-refractivity contribution in [1.29, 1.82) is 0 Å². The summed E-state index contributed by atoms with van der Waals surface area (Å²) in [4.78, 5) is 5.76. The van der Waals surface area contributed by atoms with Crippen molar-refractivity contribution in [2.24, 2.45) is 10.7 Å². The summed E-state index contributed by atoms with van der Waals surface area (Å²) in [7, 11) is 0. The van der Waals surface area contributed by atoms with Gasteiger partial charge in [0.25, 0.3) is 0 Å².